The highest BCUT2D eigenvalue weighted by atomic mass is 32.2. The van der Waals surface area contributed by atoms with Crippen molar-refractivity contribution < 1.29 is 23.8 Å². The number of hydrogen-bond acceptors (Lipinski definition) is 6. The number of benzene rings is 1. The third-order valence-corrected chi connectivity index (χ3v) is 4.41. The van der Waals surface area contributed by atoms with E-state index < -0.39 is 12.0 Å². The molecule has 0 bridgehead atoms. The van der Waals surface area contributed by atoms with Crippen molar-refractivity contribution in [2.24, 2.45) is 0 Å². The molecule has 0 saturated carbocycles. The quantitative estimate of drug-likeness (QED) is 0.533. The van der Waals surface area contributed by atoms with Crippen LogP contribution in [0.25, 0.3) is 0 Å². The molecule has 1 aromatic carbocycles. The van der Waals surface area contributed by atoms with Crippen LogP contribution in [0.1, 0.15) is 25.5 Å². The fourth-order valence-electron chi connectivity index (χ4n) is 2.65. The molecule has 0 aromatic heterocycles. The van der Waals surface area contributed by atoms with Gasteiger partial charge in [-0.1, -0.05) is 6.07 Å². The molecule has 26 heavy (non-hydrogen) atoms. The highest BCUT2D eigenvalue weighted by molar-refractivity contribution is 7.98. The van der Waals surface area contributed by atoms with Gasteiger partial charge in [0, 0.05) is 11.4 Å². The lowest BCUT2D eigenvalue weighted by Crippen LogP contribution is -2.45. The summed E-state index contributed by atoms with van der Waals surface area (Å²) >= 11 is 1.59. The molecule has 0 radical (unpaired) electrons. The highest BCUT2D eigenvalue weighted by Gasteiger charge is 2.32. The van der Waals surface area contributed by atoms with Gasteiger partial charge in [-0.2, -0.15) is 11.8 Å². The van der Waals surface area contributed by atoms with Gasteiger partial charge in [0.25, 0.3) is 0 Å². The molecule has 0 unspecified atom stereocenters. The second-order valence-electron chi connectivity index (χ2n) is 5.54. The van der Waals surface area contributed by atoms with E-state index in [9.17, 15) is 9.59 Å². The molecule has 0 fully saturated rings. The molecule has 1 aliphatic heterocycles. The predicted octanol–water partition coefficient (Wildman–Crippen LogP) is 2.63. The first-order valence-electron chi connectivity index (χ1n) is 8.26. The Labute approximate surface area is 157 Å². The van der Waals surface area contributed by atoms with E-state index in [4.69, 9.17) is 14.2 Å². The Kier molecular flexibility index (Phi) is 7.20. The number of nitrogens with one attached hydrogen (secondary N) is 2. The molecule has 7 nitrogen and oxygen atoms in total. The van der Waals surface area contributed by atoms with Crippen molar-refractivity contribution in [2.75, 3.05) is 32.3 Å². The van der Waals surface area contributed by atoms with Crippen molar-refractivity contribution >= 4 is 23.8 Å². The second-order valence-corrected chi connectivity index (χ2v) is 6.53. The fourth-order valence-corrected chi connectivity index (χ4v) is 2.90. The van der Waals surface area contributed by atoms with Gasteiger partial charge in [-0.25, -0.2) is 9.59 Å². The average molecular weight is 380 g/mol. The van der Waals surface area contributed by atoms with Gasteiger partial charge in [-0.15, -0.1) is 0 Å². The molecule has 2 N–H and O–H groups in total. The molecule has 2 amide bonds. The van der Waals surface area contributed by atoms with Gasteiger partial charge >= 0.3 is 12.0 Å². The number of ether oxygens (including phenoxy) is 3. The van der Waals surface area contributed by atoms with E-state index in [-0.39, 0.29) is 6.03 Å². The Bertz CT molecular complexity index is 705. The number of amides is 2. The van der Waals surface area contributed by atoms with E-state index in [1.54, 1.807) is 44.0 Å². The Balaban J connectivity index is 2.36. The maximum absolute atomic E-state index is 12.6. The lowest BCUT2D eigenvalue weighted by Gasteiger charge is -2.28. The molecule has 1 heterocycles. The number of allylic oxidation sites excluding steroid dienone is 1. The van der Waals surface area contributed by atoms with Crippen LogP contribution in [0.3, 0.4) is 0 Å². The molecule has 0 saturated heterocycles. The van der Waals surface area contributed by atoms with E-state index in [1.807, 2.05) is 13.2 Å². The van der Waals surface area contributed by atoms with Crippen molar-refractivity contribution in [1.29, 1.82) is 0 Å². The zero-order chi connectivity index (χ0) is 19.1. The van der Waals surface area contributed by atoms with Crippen LogP contribution in [0.2, 0.25) is 0 Å². The first-order chi connectivity index (χ1) is 12.5. The van der Waals surface area contributed by atoms with Crippen molar-refractivity contribution in [2.45, 2.75) is 19.9 Å². The molecular formula is C18H24N2O5S. The minimum atomic E-state index is -0.630. The maximum atomic E-state index is 12.6. The second kappa shape index (κ2) is 9.38. The van der Waals surface area contributed by atoms with Crippen molar-refractivity contribution in [3.63, 3.8) is 0 Å². The SMILES string of the molecule is CCOc1ccc([C@@H]2NC(=O)NC(C)=C2C(=O)OCCSC)cc1OC. The van der Waals surface area contributed by atoms with Crippen LogP contribution in [0.4, 0.5) is 4.79 Å². The summed E-state index contributed by atoms with van der Waals surface area (Å²) in [6, 6.07) is 4.31. The van der Waals surface area contributed by atoms with Crippen molar-refractivity contribution in [3.05, 3.63) is 35.0 Å². The predicted molar refractivity (Wildman–Crippen MR) is 101 cm³/mol. The zero-order valence-electron chi connectivity index (χ0n) is 15.4. The minimum Gasteiger partial charge on any atom is -0.493 e. The number of rotatable bonds is 8. The maximum Gasteiger partial charge on any atom is 0.338 e. The van der Waals surface area contributed by atoms with Crippen LogP contribution in [0.15, 0.2) is 29.5 Å². The van der Waals surface area contributed by atoms with E-state index in [0.717, 1.165) is 0 Å². The third kappa shape index (κ3) is 4.63. The number of urea groups is 1. The Hall–Kier alpha value is -2.35. The number of hydrogen-bond donors (Lipinski definition) is 2. The first kappa shape index (κ1) is 20.0. The van der Waals surface area contributed by atoms with E-state index in [1.165, 1.54) is 0 Å². The molecule has 0 aliphatic carbocycles. The smallest absolute Gasteiger partial charge is 0.338 e. The summed E-state index contributed by atoms with van der Waals surface area (Å²) in [7, 11) is 1.54. The van der Waals surface area contributed by atoms with Crippen LogP contribution in [0, 0.1) is 0 Å². The largest absolute Gasteiger partial charge is 0.493 e. The molecule has 8 heteroatoms. The standard InChI is InChI=1S/C18H24N2O5S/c1-5-24-13-7-6-12(10-14(13)23-3)16-15(11(2)19-18(22)20-16)17(21)25-8-9-26-4/h6-7,10,16H,5,8-9H2,1-4H3,(H2,19,20,22)/t16-/m0/s1. The van der Waals surface area contributed by atoms with E-state index in [2.05, 4.69) is 10.6 Å². The molecule has 1 aromatic rings. The van der Waals surface area contributed by atoms with Gasteiger partial charge < -0.3 is 24.8 Å². The molecule has 2 rings (SSSR count). The number of thioether (sulfide) groups is 1. The summed E-state index contributed by atoms with van der Waals surface area (Å²) in [4.78, 5) is 24.5. The summed E-state index contributed by atoms with van der Waals surface area (Å²) < 4.78 is 16.2. The lowest BCUT2D eigenvalue weighted by molar-refractivity contribution is -0.138. The van der Waals surface area contributed by atoms with Gasteiger partial charge in [-0.05, 0) is 37.8 Å². The van der Waals surface area contributed by atoms with Crippen molar-refractivity contribution in [3.8, 4) is 11.5 Å². The number of esters is 1. The minimum absolute atomic E-state index is 0.310. The zero-order valence-corrected chi connectivity index (χ0v) is 16.2. The number of methoxy groups -OCH3 is 1. The highest BCUT2D eigenvalue weighted by Crippen LogP contribution is 2.34. The lowest BCUT2D eigenvalue weighted by atomic mass is 9.95. The molecular weight excluding hydrogens is 356 g/mol. The van der Waals surface area contributed by atoms with Gasteiger partial charge in [0.05, 0.1) is 25.3 Å². The third-order valence-electron chi connectivity index (χ3n) is 3.83. The monoisotopic (exact) mass is 380 g/mol. The summed E-state index contributed by atoms with van der Waals surface area (Å²) in [5.74, 6) is 1.38. The van der Waals surface area contributed by atoms with Crippen LogP contribution in [0.5, 0.6) is 11.5 Å². The van der Waals surface area contributed by atoms with Gasteiger partial charge in [0.2, 0.25) is 0 Å². The molecule has 0 spiro atoms. The normalized spacial score (nSPS) is 16.6. The summed E-state index contributed by atoms with van der Waals surface area (Å²) in [6.07, 6.45) is 1.94. The van der Waals surface area contributed by atoms with E-state index >= 15 is 0 Å². The Morgan fingerprint density at radius 1 is 1.31 bits per heavy atom. The van der Waals surface area contributed by atoms with Crippen LogP contribution in [-0.2, 0) is 9.53 Å². The fraction of sp³-hybridized carbons (Fsp3) is 0.444. The Morgan fingerprint density at radius 3 is 2.73 bits per heavy atom. The summed E-state index contributed by atoms with van der Waals surface area (Å²) in [5.41, 5.74) is 1.55. The van der Waals surface area contributed by atoms with Gasteiger partial charge in [0.15, 0.2) is 11.5 Å². The van der Waals surface area contributed by atoms with Gasteiger partial charge in [0.1, 0.15) is 6.61 Å². The Morgan fingerprint density at radius 2 is 2.08 bits per heavy atom. The number of carbonyl (C=O) groups is 2. The molecule has 1 aliphatic rings. The van der Waals surface area contributed by atoms with Gasteiger partial charge in [-0.3, -0.25) is 0 Å². The first-order valence-corrected chi connectivity index (χ1v) is 9.66. The summed E-state index contributed by atoms with van der Waals surface area (Å²) in [6.45, 7) is 4.38. The van der Waals surface area contributed by atoms with Crippen LogP contribution in [-0.4, -0.2) is 44.3 Å². The number of carbonyl (C=O) groups excluding carboxylic acids is 2. The van der Waals surface area contributed by atoms with Crippen LogP contribution < -0.4 is 20.1 Å². The summed E-state index contributed by atoms with van der Waals surface area (Å²) in [5, 5.41) is 5.41. The topological polar surface area (TPSA) is 85.9 Å². The average Bonchev–Trinajstić information content (AvgIpc) is 2.61. The van der Waals surface area contributed by atoms with Crippen molar-refractivity contribution in [1.82, 2.24) is 10.6 Å². The van der Waals surface area contributed by atoms with E-state index in [0.29, 0.717) is 47.3 Å². The molecule has 1 atom stereocenters. The van der Waals surface area contributed by atoms with Crippen LogP contribution >= 0.6 is 11.8 Å². The molecule has 142 valence electrons.